The summed E-state index contributed by atoms with van der Waals surface area (Å²) >= 11 is 0. The van der Waals surface area contributed by atoms with Crippen molar-refractivity contribution in [2.24, 2.45) is 5.10 Å². The summed E-state index contributed by atoms with van der Waals surface area (Å²) < 4.78 is 16.3. The Balaban J connectivity index is 1.73. The summed E-state index contributed by atoms with van der Waals surface area (Å²) in [6, 6.07) is 10.8. The van der Waals surface area contributed by atoms with Crippen molar-refractivity contribution in [1.82, 2.24) is 25.0 Å². The van der Waals surface area contributed by atoms with Gasteiger partial charge < -0.3 is 5.43 Å². The van der Waals surface area contributed by atoms with Gasteiger partial charge in [0.1, 0.15) is 11.5 Å². The number of pyridine rings is 1. The summed E-state index contributed by atoms with van der Waals surface area (Å²) in [5.41, 5.74) is 7.21. The van der Waals surface area contributed by atoms with E-state index in [1.807, 2.05) is 44.2 Å². The van der Waals surface area contributed by atoms with E-state index in [1.165, 1.54) is 6.07 Å². The molecule has 6 nitrogen and oxygen atoms in total. The molecule has 0 aliphatic rings. The van der Waals surface area contributed by atoms with Gasteiger partial charge in [0.15, 0.2) is 5.65 Å². The van der Waals surface area contributed by atoms with Gasteiger partial charge in [-0.15, -0.1) is 0 Å². The molecule has 0 radical (unpaired) electrons. The molecule has 0 aliphatic heterocycles. The number of hydrogen-bond acceptors (Lipinski definition) is 5. The highest BCUT2D eigenvalue weighted by Gasteiger charge is 2.12. The van der Waals surface area contributed by atoms with Crippen LogP contribution in [0.1, 0.15) is 30.8 Å². The predicted octanol–water partition coefficient (Wildman–Crippen LogP) is 3.34. The molecule has 0 aliphatic carbocycles. The first-order valence-electron chi connectivity index (χ1n) is 8.80. The fraction of sp³-hybridized carbons (Fsp3) is 0.200. The molecule has 0 unspecified atom stereocenters. The molecule has 0 saturated carbocycles. The topological polar surface area (TPSA) is 67.5 Å². The number of nitrogens with zero attached hydrogens (tertiary/aromatic N) is 5. The maximum Gasteiger partial charge on any atom is 0.153 e. The Labute approximate surface area is 155 Å². The molecule has 136 valence electrons. The van der Waals surface area contributed by atoms with Crippen LogP contribution < -0.4 is 5.43 Å². The van der Waals surface area contributed by atoms with Gasteiger partial charge >= 0.3 is 0 Å². The molecule has 0 spiro atoms. The minimum Gasteiger partial charge on any atom is -0.310 e. The van der Waals surface area contributed by atoms with Crippen molar-refractivity contribution < 1.29 is 4.39 Å². The fourth-order valence-corrected chi connectivity index (χ4v) is 2.96. The fourth-order valence-electron chi connectivity index (χ4n) is 2.96. The van der Waals surface area contributed by atoms with Gasteiger partial charge in [-0.2, -0.15) is 10.2 Å². The predicted molar refractivity (Wildman–Crippen MR) is 103 cm³/mol. The molecule has 4 rings (SSSR count). The molecule has 3 aromatic heterocycles. The van der Waals surface area contributed by atoms with E-state index in [2.05, 4.69) is 25.6 Å². The second kappa shape index (κ2) is 7.11. The van der Waals surface area contributed by atoms with Crippen LogP contribution in [0.3, 0.4) is 0 Å². The van der Waals surface area contributed by atoms with Gasteiger partial charge in [0, 0.05) is 30.6 Å². The number of imidazole rings is 1. The van der Waals surface area contributed by atoms with Crippen LogP contribution in [0.25, 0.3) is 16.6 Å². The Bertz CT molecular complexity index is 1150. The smallest absolute Gasteiger partial charge is 0.153 e. The van der Waals surface area contributed by atoms with E-state index < -0.39 is 0 Å². The number of hydrazone groups is 1. The number of hydrogen-bond donors (Lipinski definition) is 1. The Morgan fingerprint density at radius 1 is 1.22 bits per heavy atom. The average molecular weight is 362 g/mol. The van der Waals surface area contributed by atoms with Crippen molar-refractivity contribution in [1.29, 1.82) is 0 Å². The summed E-state index contributed by atoms with van der Waals surface area (Å²) in [6.07, 6.45) is 3.78. The number of benzene rings is 1. The zero-order chi connectivity index (χ0) is 18.8. The quantitative estimate of drug-likeness (QED) is 0.437. The molecule has 0 amide bonds. The summed E-state index contributed by atoms with van der Waals surface area (Å²) in [4.78, 5) is 8.58. The van der Waals surface area contributed by atoms with Crippen molar-refractivity contribution in [3.05, 3.63) is 71.6 Å². The standard InChI is InChI=1S/C20H19FN6/c1-3-24-25-13(2)18-6-7-20-23-12-16(27(20)26-18)10-15-9-14-5-4-8-22-19(14)11-17(15)21/h4-9,11-12,24H,3,10H2,1-2H3. The summed E-state index contributed by atoms with van der Waals surface area (Å²) in [5.74, 6) is -0.280. The Morgan fingerprint density at radius 3 is 2.96 bits per heavy atom. The minimum absolute atomic E-state index is 0.280. The average Bonchev–Trinajstić information content (AvgIpc) is 3.08. The van der Waals surface area contributed by atoms with Crippen molar-refractivity contribution in [2.75, 3.05) is 6.54 Å². The van der Waals surface area contributed by atoms with E-state index in [0.717, 1.165) is 29.0 Å². The lowest BCUT2D eigenvalue weighted by Gasteiger charge is -2.07. The number of halogens is 1. The normalized spacial score (nSPS) is 12.0. The maximum absolute atomic E-state index is 14.5. The maximum atomic E-state index is 14.5. The van der Waals surface area contributed by atoms with E-state index in [1.54, 1.807) is 16.9 Å². The van der Waals surface area contributed by atoms with Crippen LogP contribution in [-0.2, 0) is 6.42 Å². The molecule has 0 atom stereocenters. The molecule has 0 saturated heterocycles. The Hall–Kier alpha value is -3.35. The first-order valence-corrected chi connectivity index (χ1v) is 8.80. The highest BCUT2D eigenvalue weighted by Crippen LogP contribution is 2.20. The minimum atomic E-state index is -0.280. The molecule has 27 heavy (non-hydrogen) atoms. The molecule has 0 bridgehead atoms. The van der Waals surface area contributed by atoms with Gasteiger partial charge in [-0.05, 0) is 43.7 Å². The molecule has 3 heterocycles. The zero-order valence-electron chi connectivity index (χ0n) is 15.1. The largest absolute Gasteiger partial charge is 0.310 e. The number of fused-ring (bicyclic) bond motifs is 2. The van der Waals surface area contributed by atoms with Gasteiger partial charge in [-0.3, -0.25) is 4.98 Å². The van der Waals surface area contributed by atoms with Crippen LogP contribution in [-0.4, -0.2) is 31.8 Å². The number of aromatic nitrogens is 4. The van der Waals surface area contributed by atoms with Crippen molar-refractivity contribution >= 4 is 22.3 Å². The van der Waals surface area contributed by atoms with Gasteiger partial charge in [0.25, 0.3) is 0 Å². The van der Waals surface area contributed by atoms with Crippen LogP contribution in [0.4, 0.5) is 4.39 Å². The molecule has 4 aromatic rings. The first kappa shape index (κ1) is 17.1. The van der Waals surface area contributed by atoms with Gasteiger partial charge in [-0.1, -0.05) is 6.07 Å². The van der Waals surface area contributed by atoms with Crippen LogP contribution >= 0.6 is 0 Å². The third-order valence-corrected chi connectivity index (χ3v) is 4.35. The van der Waals surface area contributed by atoms with Crippen molar-refractivity contribution in [2.45, 2.75) is 20.3 Å². The number of rotatable bonds is 5. The Kier molecular flexibility index (Phi) is 4.50. The monoisotopic (exact) mass is 362 g/mol. The van der Waals surface area contributed by atoms with Crippen LogP contribution in [0.5, 0.6) is 0 Å². The lowest BCUT2D eigenvalue weighted by atomic mass is 10.1. The highest BCUT2D eigenvalue weighted by atomic mass is 19.1. The summed E-state index contributed by atoms with van der Waals surface area (Å²) in [6.45, 7) is 4.62. The van der Waals surface area contributed by atoms with E-state index in [0.29, 0.717) is 23.1 Å². The van der Waals surface area contributed by atoms with Crippen molar-refractivity contribution in [3.8, 4) is 0 Å². The third-order valence-electron chi connectivity index (χ3n) is 4.35. The highest BCUT2D eigenvalue weighted by molar-refractivity contribution is 5.96. The van der Waals surface area contributed by atoms with Gasteiger partial charge in [0.05, 0.1) is 23.1 Å². The second-order valence-corrected chi connectivity index (χ2v) is 6.26. The molecule has 1 aromatic carbocycles. The van der Waals surface area contributed by atoms with Gasteiger partial charge in [0.2, 0.25) is 0 Å². The first-order chi connectivity index (χ1) is 13.2. The molecular weight excluding hydrogens is 343 g/mol. The SMILES string of the molecule is CCNN=C(C)c1ccc2ncc(Cc3cc4cccnc4cc3F)n2n1. The van der Waals surface area contributed by atoms with E-state index in [-0.39, 0.29) is 5.82 Å². The second-order valence-electron chi connectivity index (χ2n) is 6.26. The summed E-state index contributed by atoms with van der Waals surface area (Å²) in [7, 11) is 0. The van der Waals surface area contributed by atoms with E-state index in [9.17, 15) is 4.39 Å². The van der Waals surface area contributed by atoms with E-state index in [4.69, 9.17) is 0 Å². The molecule has 7 heteroatoms. The molecule has 1 N–H and O–H groups in total. The lowest BCUT2D eigenvalue weighted by Crippen LogP contribution is -2.11. The van der Waals surface area contributed by atoms with Crippen LogP contribution in [0.2, 0.25) is 0 Å². The molecule has 0 fully saturated rings. The van der Waals surface area contributed by atoms with Crippen LogP contribution in [0.15, 0.2) is 53.9 Å². The Morgan fingerprint density at radius 2 is 2.11 bits per heavy atom. The van der Waals surface area contributed by atoms with Crippen molar-refractivity contribution in [3.63, 3.8) is 0 Å². The third kappa shape index (κ3) is 3.36. The number of nitrogens with one attached hydrogen (secondary N) is 1. The van der Waals surface area contributed by atoms with Gasteiger partial charge in [-0.25, -0.2) is 13.9 Å². The zero-order valence-corrected chi connectivity index (χ0v) is 15.1. The van der Waals surface area contributed by atoms with Crippen LogP contribution in [0, 0.1) is 5.82 Å². The van der Waals surface area contributed by atoms with E-state index >= 15 is 0 Å². The summed E-state index contributed by atoms with van der Waals surface area (Å²) in [5, 5.41) is 9.80. The lowest BCUT2D eigenvalue weighted by molar-refractivity contribution is 0.614. The molecular formula is C20H19FN6.